The van der Waals surface area contributed by atoms with Crippen LogP contribution < -0.4 is 5.43 Å². The predicted octanol–water partition coefficient (Wildman–Crippen LogP) is 3.22. The van der Waals surface area contributed by atoms with Gasteiger partial charge in [-0.1, -0.05) is 12.1 Å². The maximum Gasteiger partial charge on any atom is 0.254 e. The van der Waals surface area contributed by atoms with E-state index in [-0.39, 0.29) is 0 Å². The fraction of sp³-hybridized carbons (Fsp3) is 0. The molecule has 104 valence electrons. The molecule has 1 aromatic heterocycles. The summed E-state index contributed by atoms with van der Waals surface area (Å²) in [5.41, 5.74) is 1.14. The summed E-state index contributed by atoms with van der Waals surface area (Å²) in [4.78, 5) is 2.39. The topological polar surface area (TPSA) is 37.3 Å². The Bertz CT molecular complexity index is 629. The van der Waals surface area contributed by atoms with Crippen LogP contribution in [0, 0.1) is 29.3 Å². The van der Waals surface area contributed by atoms with Gasteiger partial charge in [0.25, 0.3) is 11.9 Å². The monoisotopic (exact) mass is 287 g/mol. The van der Waals surface area contributed by atoms with E-state index < -0.39 is 35.0 Å². The molecule has 0 fully saturated rings. The second kappa shape index (κ2) is 5.64. The molecule has 0 atom stereocenters. The molecule has 1 heterocycles. The van der Waals surface area contributed by atoms with E-state index in [1.807, 2.05) is 5.43 Å². The van der Waals surface area contributed by atoms with Gasteiger partial charge in [-0.05, 0) is 17.7 Å². The van der Waals surface area contributed by atoms with Crippen LogP contribution in [0.25, 0.3) is 0 Å². The van der Waals surface area contributed by atoms with Gasteiger partial charge < -0.3 is 0 Å². The average Bonchev–Trinajstić information content (AvgIpc) is 2.42. The Morgan fingerprint density at radius 2 is 1.45 bits per heavy atom. The molecule has 0 spiro atoms. The van der Waals surface area contributed by atoms with Gasteiger partial charge in [0.05, 0.1) is 6.21 Å². The van der Waals surface area contributed by atoms with Crippen LogP contribution in [0.5, 0.6) is 0 Å². The second-order valence-corrected chi connectivity index (χ2v) is 3.62. The summed E-state index contributed by atoms with van der Waals surface area (Å²) in [5, 5.41) is 3.41. The first kappa shape index (κ1) is 13.9. The Morgan fingerprint density at radius 1 is 0.900 bits per heavy atom. The number of hydrogen-bond acceptors (Lipinski definition) is 3. The minimum Gasteiger partial charge on any atom is -0.272 e. The van der Waals surface area contributed by atoms with E-state index in [0.717, 1.165) is 18.3 Å². The summed E-state index contributed by atoms with van der Waals surface area (Å²) < 4.78 is 64.6. The molecule has 0 amide bonds. The maximum absolute atomic E-state index is 13.2. The summed E-state index contributed by atoms with van der Waals surface area (Å²) >= 11 is 0. The van der Waals surface area contributed by atoms with Crippen molar-refractivity contribution < 1.29 is 22.0 Å². The van der Waals surface area contributed by atoms with Crippen LogP contribution in [0.3, 0.4) is 0 Å². The number of hydrogen-bond donors (Lipinski definition) is 1. The van der Waals surface area contributed by atoms with E-state index in [2.05, 4.69) is 10.1 Å². The molecule has 0 aliphatic rings. The summed E-state index contributed by atoms with van der Waals surface area (Å²) in [5.74, 6) is -7.43. The Balaban J connectivity index is 2.21. The zero-order valence-corrected chi connectivity index (χ0v) is 9.67. The van der Waals surface area contributed by atoms with E-state index in [4.69, 9.17) is 0 Å². The molecule has 0 unspecified atom stereocenters. The van der Waals surface area contributed by atoms with Gasteiger partial charge in [-0.15, -0.1) is 0 Å². The number of benzene rings is 1. The van der Waals surface area contributed by atoms with Crippen molar-refractivity contribution in [2.45, 2.75) is 0 Å². The first-order valence-electron chi connectivity index (χ1n) is 5.23. The van der Waals surface area contributed by atoms with Crippen molar-refractivity contribution in [1.82, 2.24) is 4.98 Å². The molecule has 0 radical (unpaired) electrons. The molecular formula is C12H6F5N3. The lowest BCUT2D eigenvalue weighted by Gasteiger charge is -2.04. The van der Waals surface area contributed by atoms with Gasteiger partial charge in [0.1, 0.15) is 11.5 Å². The fourth-order valence-corrected chi connectivity index (χ4v) is 1.31. The lowest BCUT2D eigenvalue weighted by molar-refractivity contribution is 0.411. The Hall–Kier alpha value is -2.51. The van der Waals surface area contributed by atoms with Crippen molar-refractivity contribution in [1.29, 1.82) is 0 Å². The summed E-state index contributed by atoms with van der Waals surface area (Å²) in [6.07, 6.45) is 1.09. The number of hydrazone groups is 1. The van der Waals surface area contributed by atoms with E-state index in [9.17, 15) is 22.0 Å². The quantitative estimate of drug-likeness (QED) is 0.407. The van der Waals surface area contributed by atoms with Crippen molar-refractivity contribution in [2.75, 3.05) is 5.43 Å². The van der Waals surface area contributed by atoms with Gasteiger partial charge in [0.2, 0.25) is 11.6 Å². The van der Waals surface area contributed by atoms with Crippen molar-refractivity contribution in [3.05, 3.63) is 59.2 Å². The average molecular weight is 287 g/mol. The van der Waals surface area contributed by atoms with Gasteiger partial charge in [-0.2, -0.15) is 27.6 Å². The van der Waals surface area contributed by atoms with E-state index in [0.29, 0.717) is 5.56 Å². The second-order valence-electron chi connectivity index (χ2n) is 3.62. The first-order chi connectivity index (χ1) is 9.49. The molecule has 0 aliphatic heterocycles. The van der Waals surface area contributed by atoms with Crippen molar-refractivity contribution in [2.24, 2.45) is 5.10 Å². The fourth-order valence-electron chi connectivity index (χ4n) is 1.31. The van der Waals surface area contributed by atoms with Crippen LogP contribution >= 0.6 is 0 Å². The minimum absolute atomic E-state index is 0.412. The Kier molecular flexibility index (Phi) is 3.92. The molecule has 3 nitrogen and oxygen atoms in total. The summed E-state index contributed by atoms with van der Waals surface area (Å²) in [7, 11) is 0. The highest BCUT2D eigenvalue weighted by atomic mass is 19.2. The SMILES string of the molecule is Fc1ccc(/C=N\Nc2c(F)c(F)nc(F)c2F)cc1. The highest BCUT2D eigenvalue weighted by Crippen LogP contribution is 2.21. The molecule has 0 saturated heterocycles. The van der Waals surface area contributed by atoms with Gasteiger partial charge in [0.15, 0.2) is 0 Å². The highest BCUT2D eigenvalue weighted by molar-refractivity contribution is 5.80. The number of nitrogens with one attached hydrogen (secondary N) is 1. The minimum atomic E-state index is -1.79. The third-order valence-corrected chi connectivity index (χ3v) is 2.26. The van der Waals surface area contributed by atoms with Gasteiger partial charge >= 0.3 is 0 Å². The third-order valence-electron chi connectivity index (χ3n) is 2.26. The van der Waals surface area contributed by atoms with Crippen molar-refractivity contribution in [3.63, 3.8) is 0 Å². The molecule has 1 aromatic carbocycles. The molecule has 0 saturated carbocycles. The largest absolute Gasteiger partial charge is 0.272 e. The molecule has 20 heavy (non-hydrogen) atoms. The number of aromatic nitrogens is 1. The molecular weight excluding hydrogens is 281 g/mol. The maximum atomic E-state index is 13.2. The van der Waals surface area contributed by atoms with Crippen LogP contribution in [0.1, 0.15) is 5.56 Å². The van der Waals surface area contributed by atoms with E-state index >= 15 is 0 Å². The normalized spacial score (nSPS) is 11.1. The molecule has 0 aliphatic carbocycles. The van der Waals surface area contributed by atoms with Crippen molar-refractivity contribution >= 4 is 11.9 Å². The van der Waals surface area contributed by atoms with Crippen LogP contribution in [0.4, 0.5) is 27.6 Å². The molecule has 8 heteroatoms. The lowest BCUT2D eigenvalue weighted by atomic mass is 10.2. The molecule has 2 rings (SSSR count). The van der Waals surface area contributed by atoms with Crippen LogP contribution in [-0.4, -0.2) is 11.2 Å². The van der Waals surface area contributed by atoms with Crippen LogP contribution in [-0.2, 0) is 0 Å². The number of pyridine rings is 1. The lowest BCUT2D eigenvalue weighted by Crippen LogP contribution is -2.05. The first-order valence-corrected chi connectivity index (χ1v) is 5.23. The zero-order valence-electron chi connectivity index (χ0n) is 9.67. The van der Waals surface area contributed by atoms with Crippen LogP contribution in [0.2, 0.25) is 0 Å². The summed E-state index contributed by atoms with van der Waals surface area (Å²) in [6, 6.07) is 4.99. The van der Waals surface area contributed by atoms with E-state index in [1.54, 1.807) is 0 Å². The molecule has 1 N–H and O–H groups in total. The standard InChI is InChI=1S/C12H6F5N3/c13-7-3-1-6(2-4-7)5-18-20-10-8(14)11(16)19-12(17)9(10)15/h1-5H,(H,19,20)/b18-5-. The smallest absolute Gasteiger partial charge is 0.254 e. The number of nitrogens with zero attached hydrogens (tertiary/aromatic N) is 2. The molecule has 0 bridgehead atoms. The summed E-state index contributed by atoms with van der Waals surface area (Å²) in [6.45, 7) is 0. The van der Waals surface area contributed by atoms with Crippen LogP contribution in [0.15, 0.2) is 29.4 Å². The third kappa shape index (κ3) is 2.90. The number of anilines is 1. The van der Waals surface area contributed by atoms with Gasteiger partial charge in [0, 0.05) is 0 Å². The van der Waals surface area contributed by atoms with E-state index in [1.165, 1.54) is 12.1 Å². The Morgan fingerprint density at radius 3 is 2.00 bits per heavy atom. The molecule has 2 aromatic rings. The van der Waals surface area contributed by atoms with Gasteiger partial charge in [-0.3, -0.25) is 5.43 Å². The van der Waals surface area contributed by atoms with Crippen molar-refractivity contribution in [3.8, 4) is 0 Å². The predicted molar refractivity (Wildman–Crippen MR) is 61.7 cm³/mol. The highest BCUT2D eigenvalue weighted by Gasteiger charge is 2.20. The number of rotatable bonds is 3. The van der Waals surface area contributed by atoms with Gasteiger partial charge in [-0.25, -0.2) is 4.39 Å². The Labute approximate surface area is 109 Å². The number of halogens is 5. The zero-order chi connectivity index (χ0) is 14.7.